The second kappa shape index (κ2) is 5.60. The van der Waals surface area contributed by atoms with Crippen LogP contribution < -0.4 is 10.6 Å². The molecular weight excluding hydrogens is 286 g/mol. The lowest BCUT2D eigenvalue weighted by Gasteiger charge is -2.15. The van der Waals surface area contributed by atoms with Crippen molar-refractivity contribution in [3.05, 3.63) is 40.6 Å². The molecular formula is C19H23N3O. The van der Waals surface area contributed by atoms with Gasteiger partial charge in [0.2, 0.25) is 0 Å². The molecule has 1 aliphatic heterocycles. The first kappa shape index (κ1) is 14.6. The van der Waals surface area contributed by atoms with E-state index in [4.69, 9.17) is 4.98 Å². The highest BCUT2D eigenvalue weighted by atomic mass is 16.1. The van der Waals surface area contributed by atoms with Crippen LogP contribution in [0.15, 0.2) is 18.2 Å². The zero-order valence-electron chi connectivity index (χ0n) is 13.8. The fourth-order valence-corrected chi connectivity index (χ4v) is 3.52. The summed E-state index contributed by atoms with van der Waals surface area (Å²) in [5.74, 6) is 0.581. The van der Waals surface area contributed by atoms with Crippen molar-refractivity contribution in [3.8, 4) is 0 Å². The lowest BCUT2D eigenvalue weighted by molar-refractivity contribution is 0.0941. The average molecular weight is 309 g/mol. The highest BCUT2D eigenvalue weighted by Crippen LogP contribution is 2.40. The van der Waals surface area contributed by atoms with Gasteiger partial charge in [0.05, 0.1) is 11.1 Å². The fourth-order valence-electron chi connectivity index (χ4n) is 3.52. The third-order valence-corrected chi connectivity index (χ3v) is 4.90. The number of carbonyl (C=O) groups excluding carboxylic acids is 1. The molecule has 2 aromatic rings. The molecule has 4 rings (SSSR count). The van der Waals surface area contributed by atoms with Crippen LogP contribution in [0.25, 0.3) is 10.9 Å². The van der Waals surface area contributed by atoms with E-state index in [1.807, 2.05) is 6.07 Å². The van der Waals surface area contributed by atoms with Crippen LogP contribution in [-0.2, 0) is 0 Å². The molecule has 2 N–H and O–H groups in total. The highest BCUT2D eigenvalue weighted by molar-refractivity contribution is 6.07. The number of rotatable bonds is 3. The molecule has 0 radical (unpaired) electrons. The van der Waals surface area contributed by atoms with Crippen LogP contribution in [0.5, 0.6) is 0 Å². The summed E-state index contributed by atoms with van der Waals surface area (Å²) in [6.45, 7) is 6.00. The van der Waals surface area contributed by atoms with Gasteiger partial charge in [0.25, 0.3) is 5.91 Å². The summed E-state index contributed by atoms with van der Waals surface area (Å²) in [7, 11) is 0. The van der Waals surface area contributed by atoms with Crippen LogP contribution in [0.2, 0.25) is 0 Å². The lowest BCUT2D eigenvalue weighted by Crippen LogP contribution is -2.36. The Hall–Kier alpha value is -1.94. The maximum atomic E-state index is 12.9. The Morgan fingerprint density at radius 2 is 2.04 bits per heavy atom. The molecule has 2 aliphatic rings. The Balaban J connectivity index is 1.80. The topological polar surface area (TPSA) is 54.0 Å². The van der Waals surface area contributed by atoms with Gasteiger partial charge in [-0.05, 0) is 57.4 Å². The molecule has 120 valence electrons. The summed E-state index contributed by atoms with van der Waals surface area (Å²) >= 11 is 0. The Bertz CT molecular complexity index is 774. The maximum absolute atomic E-state index is 12.9. The molecule has 0 spiro atoms. The second-order valence-corrected chi connectivity index (χ2v) is 7.01. The zero-order valence-corrected chi connectivity index (χ0v) is 13.8. The average Bonchev–Trinajstić information content (AvgIpc) is 3.24. The number of hydrogen-bond acceptors (Lipinski definition) is 3. The molecule has 2 fully saturated rings. The number of nitrogens with zero attached hydrogens (tertiary/aromatic N) is 1. The van der Waals surface area contributed by atoms with E-state index in [0.717, 1.165) is 47.2 Å². The van der Waals surface area contributed by atoms with Crippen molar-refractivity contribution in [1.82, 2.24) is 15.6 Å². The maximum Gasteiger partial charge on any atom is 0.252 e. The van der Waals surface area contributed by atoms with Crippen molar-refractivity contribution < 1.29 is 4.79 Å². The van der Waals surface area contributed by atoms with Crippen molar-refractivity contribution in [2.45, 2.75) is 45.1 Å². The second-order valence-electron chi connectivity index (χ2n) is 7.01. The minimum Gasteiger partial charge on any atom is -0.348 e. The third-order valence-electron chi connectivity index (χ3n) is 4.90. The van der Waals surface area contributed by atoms with Crippen LogP contribution in [0.3, 0.4) is 0 Å². The van der Waals surface area contributed by atoms with Crippen molar-refractivity contribution in [2.75, 3.05) is 13.1 Å². The molecule has 23 heavy (non-hydrogen) atoms. The monoisotopic (exact) mass is 309 g/mol. The predicted molar refractivity (Wildman–Crippen MR) is 91.9 cm³/mol. The minimum atomic E-state index is 0.0398. The first-order chi connectivity index (χ1) is 11.1. The number of amides is 1. The van der Waals surface area contributed by atoms with Crippen molar-refractivity contribution in [2.24, 2.45) is 0 Å². The smallest absolute Gasteiger partial charge is 0.252 e. The molecule has 1 unspecified atom stereocenters. The Kier molecular flexibility index (Phi) is 3.57. The number of fused-ring (bicyclic) bond motifs is 1. The Morgan fingerprint density at radius 3 is 2.74 bits per heavy atom. The van der Waals surface area contributed by atoms with E-state index in [1.165, 1.54) is 18.4 Å². The molecule has 1 aromatic carbocycles. The van der Waals surface area contributed by atoms with Gasteiger partial charge in [-0.2, -0.15) is 0 Å². The molecule has 1 saturated heterocycles. The number of nitrogens with one attached hydrogen (secondary N) is 2. The molecule has 1 aliphatic carbocycles. The van der Waals surface area contributed by atoms with Gasteiger partial charge in [-0.25, -0.2) is 0 Å². The fraction of sp³-hybridized carbons (Fsp3) is 0.474. The number of aromatic nitrogens is 1. The lowest BCUT2D eigenvalue weighted by atomic mass is 10.00. The Labute approximate surface area is 136 Å². The first-order valence-electron chi connectivity index (χ1n) is 8.55. The predicted octanol–water partition coefficient (Wildman–Crippen LogP) is 2.82. The van der Waals surface area contributed by atoms with E-state index in [2.05, 4.69) is 36.6 Å². The van der Waals surface area contributed by atoms with Gasteiger partial charge in [-0.3, -0.25) is 9.78 Å². The molecule has 0 bridgehead atoms. The van der Waals surface area contributed by atoms with Gasteiger partial charge in [-0.1, -0.05) is 11.6 Å². The normalized spacial score (nSPS) is 20.9. The number of benzene rings is 1. The van der Waals surface area contributed by atoms with Crippen LogP contribution in [0.1, 0.15) is 52.4 Å². The van der Waals surface area contributed by atoms with Gasteiger partial charge >= 0.3 is 0 Å². The minimum absolute atomic E-state index is 0.0398. The van der Waals surface area contributed by atoms with Gasteiger partial charge in [0.1, 0.15) is 0 Å². The van der Waals surface area contributed by atoms with Crippen LogP contribution in [-0.4, -0.2) is 30.0 Å². The summed E-state index contributed by atoms with van der Waals surface area (Å²) in [6, 6.07) is 6.50. The van der Waals surface area contributed by atoms with Crippen molar-refractivity contribution in [1.29, 1.82) is 0 Å². The number of carbonyl (C=O) groups is 1. The summed E-state index contributed by atoms with van der Waals surface area (Å²) in [6.07, 6.45) is 3.39. The van der Waals surface area contributed by atoms with Crippen LogP contribution in [0, 0.1) is 13.8 Å². The quantitative estimate of drug-likeness (QED) is 0.916. The van der Waals surface area contributed by atoms with E-state index in [0.29, 0.717) is 5.92 Å². The Morgan fingerprint density at radius 1 is 1.22 bits per heavy atom. The zero-order chi connectivity index (χ0) is 16.0. The standard InChI is InChI=1S/C19H23N3O/c1-11-7-12(2)18-15(8-11)16(9-17(22-18)13-3-4-13)19(23)21-14-5-6-20-10-14/h7-9,13-14,20H,3-6,10H2,1-2H3,(H,21,23). The number of pyridine rings is 1. The van der Waals surface area contributed by atoms with E-state index in [9.17, 15) is 4.79 Å². The van der Waals surface area contributed by atoms with E-state index in [-0.39, 0.29) is 11.9 Å². The van der Waals surface area contributed by atoms with Gasteiger partial charge < -0.3 is 10.6 Å². The van der Waals surface area contributed by atoms with Gasteiger partial charge in [0.15, 0.2) is 0 Å². The SMILES string of the molecule is Cc1cc(C)c2nc(C3CC3)cc(C(=O)NC3CCNC3)c2c1. The van der Waals surface area contributed by atoms with Crippen LogP contribution >= 0.6 is 0 Å². The summed E-state index contributed by atoms with van der Waals surface area (Å²) in [5.41, 5.74) is 5.18. The highest BCUT2D eigenvalue weighted by Gasteiger charge is 2.28. The summed E-state index contributed by atoms with van der Waals surface area (Å²) in [4.78, 5) is 17.7. The van der Waals surface area contributed by atoms with E-state index >= 15 is 0 Å². The van der Waals surface area contributed by atoms with Gasteiger partial charge in [-0.15, -0.1) is 0 Å². The molecule has 1 atom stereocenters. The number of hydrogen-bond donors (Lipinski definition) is 2. The summed E-state index contributed by atoms with van der Waals surface area (Å²) in [5, 5.41) is 7.46. The largest absolute Gasteiger partial charge is 0.348 e. The molecule has 1 saturated carbocycles. The van der Waals surface area contributed by atoms with Gasteiger partial charge in [0, 0.05) is 29.6 Å². The molecule has 4 heteroatoms. The van der Waals surface area contributed by atoms with Crippen molar-refractivity contribution in [3.63, 3.8) is 0 Å². The first-order valence-corrected chi connectivity index (χ1v) is 8.55. The van der Waals surface area contributed by atoms with Crippen molar-refractivity contribution >= 4 is 16.8 Å². The molecule has 2 heterocycles. The third kappa shape index (κ3) is 2.83. The number of aryl methyl sites for hydroxylation is 2. The molecule has 1 aromatic heterocycles. The van der Waals surface area contributed by atoms with Crippen LogP contribution in [0.4, 0.5) is 0 Å². The molecule has 1 amide bonds. The van der Waals surface area contributed by atoms with E-state index < -0.39 is 0 Å². The molecule has 4 nitrogen and oxygen atoms in total. The van der Waals surface area contributed by atoms with E-state index in [1.54, 1.807) is 0 Å². The summed E-state index contributed by atoms with van der Waals surface area (Å²) < 4.78 is 0.